The molecule has 0 fully saturated rings. The summed E-state index contributed by atoms with van der Waals surface area (Å²) in [5.41, 5.74) is 2.06. The zero-order valence-corrected chi connectivity index (χ0v) is 14.6. The molecule has 3 aromatic rings. The third-order valence-electron chi connectivity index (χ3n) is 3.71. The molecule has 3 N–H and O–H groups in total. The first-order chi connectivity index (χ1) is 12.0. The zero-order valence-electron chi connectivity index (χ0n) is 13.0. The largest absolute Gasteiger partial charge is 0.479 e. The summed E-state index contributed by atoms with van der Waals surface area (Å²) in [5, 5.41) is 12.6. The van der Waals surface area contributed by atoms with Crippen LogP contribution >= 0.6 is 15.9 Å². The Morgan fingerprint density at radius 3 is 2.68 bits per heavy atom. The molecule has 2 aromatic carbocycles. The van der Waals surface area contributed by atoms with E-state index in [1.165, 1.54) is 0 Å². The van der Waals surface area contributed by atoms with Gasteiger partial charge in [0.25, 0.3) is 0 Å². The average Bonchev–Trinajstić information content (AvgIpc) is 3.01. The van der Waals surface area contributed by atoms with Crippen LogP contribution in [0.25, 0.3) is 10.9 Å². The van der Waals surface area contributed by atoms with Gasteiger partial charge in [0.1, 0.15) is 6.61 Å². The van der Waals surface area contributed by atoms with Crippen molar-refractivity contribution in [2.75, 3.05) is 0 Å². The number of H-pyrrole nitrogens is 1. The average molecular weight is 403 g/mol. The first kappa shape index (κ1) is 17.0. The molecule has 0 aliphatic heterocycles. The Kier molecular flexibility index (Phi) is 5.04. The van der Waals surface area contributed by atoms with Gasteiger partial charge in [-0.05, 0) is 23.8 Å². The fraction of sp³-hybridized carbons (Fsp3) is 0.111. The van der Waals surface area contributed by atoms with Gasteiger partial charge < -0.3 is 20.1 Å². The molecule has 1 aromatic heterocycles. The number of rotatable bonds is 5. The second-order valence-corrected chi connectivity index (χ2v) is 6.33. The Bertz CT molecular complexity index is 908. The SMILES string of the molecule is O=C(NC(C(=O)O)c1c[nH]c2ccc(Br)cc12)OCc1ccccc1. The summed E-state index contributed by atoms with van der Waals surface area (Å²) in [7, 11) is 0. The van der Waals surface area contributed by atoms with Gasteiger partial charge in [-0.1, -0.05) is 46.3 Å². The van der Waals surface area contributed by atoms with Gasteiger partial charge in [0, 0.05) is 27.1 Å². The molecule has 0 saturated heterocycles. The second-order valence-electron chi connectivity index (χ2n) is 5.41. The molecule has 1 amide bonds. The van der Waals surface area contributed by atoms with E-state index < -0.39 is 18.1 Å². The van der Waals surface area contributed by atoms with E-state index in [4.69, 9.17) is 4.74 Å². The van der Waals surface area contributed by atoms with Gasteiger partial charge in [-0.2, -0.15) is 0 Å². The molecule has 1 heterocycles. The molecule has 0 aliphatic rings. The molecule has 0 aliphatic carbocycles. The monoisotopic (exact) mass is 402 g/mol. The number of nitrogens with one attached hydrogen (secondary N) is 2. The second kappa shape index (κ2) is 7.40. The zero-order chi connectivity index (χ0) is 17.8. The number of hydrogen-bond acceptors (Lipinski definition) is 3. The Labute approximate surface area is 151 Å². The Morgan fingerprint density at radius 1 is 1.20 bits per heavy atom. The molecule has 25 heavy (non-hydrogen) atoms. The number of carbonyl (C=O) groups excluding carboxylic acids is 1. The van der Waals surface area contributed by atoms with Crippen molar-refractivity contribution in [2.24, 2.45) is 0 Å². The highest BCUT2D eigenvalue weighted by Gasteiger charge is 2.25. The molecule has 0 spiro atoms. The van der Waals surface area contributed by atoms with E-state index in [2.05, 4.69) is 26.2 Å². The topological polar surface area (TPSA) is 91.4 Å². The van der Waals surface area contributed by atoms with Crippen LogP contribution in [0.1, 0.15) is 17.2 Å². The number of fused-ring (bicyclic) bond motifs is 1. The molecule has 3 rings (SSSR count). The summed E-state index contributed by atoms with van der Waals surface area (Å²) in [4.78, 5) is 26.7. The maximum atomic E-state index is 12.0. The lowest BCUT2D eigenvalue weighted by Crippen LogP contribution is -2.34. The number of aromatic nitrogens is 1. The molecule has 6 nitrogen and oxygen atoms in total. The molecular weight excluding hydrogens is 388 g/mol. The van der Waals surface area contributed by atoms with Gasteiger partial charge in [-0.25, -0.2) is 9.59 Å². The number of aliphatic carboxylic acids is 1. The van der Waals surface area contributed by atoms with E-state index in [0.717, 1.165) is 15.6 Å². The van der Waals surface area contributed by atoms with Crippen LogP contribution in [0.2, 0.25) is 0 Å². The Hall–Kier alpha value is -2.80. The highest BCUT2D eigenvalue weighted by Crippen LogP contribution is 2.27. The minimum absolute atomic E-state index is 0.0679. The van der Waals surface area contributed by atoms with Gasteiger partial charge in [0.15, 0.2) is 6.04 Å². The molecule has 128 valence electrons. The number of amides is 1. The van der Waals surface area contributed by atoms with Gasteiger partial charge in [0.2, 0.25) is 0 Å². The van der Waals surface area contributed by atoms with Crippen molar-refractivity contribution in [1.29, 1.82) is 0 Å². The van der Waals surface area contributed by atoms with Crippen LogP contribution in [0.4, 0.5) is 4.79 Å². The molecule has 0 radical (unpaired) electrons. The molecule has 0 saturated carbocycles. The summed E-state index contributed by atoms with van der Waals surface area (Å²) in [6.45, 7) is 0.0679. The smallest absolute Gasteiger partial charge is 0.408 e. The van der Waals surface area contributed by atoms with Crippen molar-refractivity contribution in [3.63, 3.8) is 0 Å². The van der Waals surface area contributed by atoms with Crippen LogP contribution in [0.15, 0.2) is 59.2 Å². The molecule has 0 bridgehead atoms. The maximum Gasteiger partial charge on any atom is 0.408 e. The van der Waals surface area contributed by atoms with E-state index in [0.29, 0.717) is 10.9 Å². The minimum atomic E-state index is -1.22. The third-order valence-corrected chi connectivity index (χ3v) is 4.20. The van der Waals surface area contributed by atoms with Crippen molar-refractivity contribution in [3.8, 4) is 0 Å². The van der Waals surface area contributed by atoms with Gasteiger partial charge in [-0.3, -0.25) is 0 Å². The Balaban J connectivity index is 1.75. The Morgan fingerprint density at radius 2 is 1.96 bits per heavy atom. The van der Waals surface area contributed by atoms with E-state index in [-0.39, 0.29) is 6.61 Å². The fourth-order valence-corrected chi connectivity index (χ4v) is 2.87. The van der Waals surface area contributed by atoms with Crippen molar-refractivity contribution in [1.82, 2.24) is 10.3 Å². The quantitative estimate of drug-likeness (QED) is 0.601. The number of carboxylic acid groups (broad SMARTS) is 1. The molecule has 1 unspecified atom stereocenters. The number of halogens is 1. The number of alkyl carbamates (subject to hydrolysis) is 1. The van der Waals surface area contributed by atoms with Crippen LogP contribution in [-0.2, 0) is 16.1 Å². The highest BCUT2D eigenvalue weighted by molar-refractivity contribution is 9.10. The van der Waals surface area contributed by atoms with Crippen molar-refractivity contribution in [3.05, 3.63) is 70.3 Å². The van der Waals surface area contributed by atoms with Crippen LogP contribution in [0.5, 0.6) is 0 Å². The number of hydrogen-bond donors (Lipinski definition) is 3. The van der Waals surface area contributed by atoms with E-state index >= 15 is 0 Å². The maximum absolute atomic E-state index is 12.0. The predicted octanol–water partition coefficient (Wildman–Crippen LogP) is 3.98. The van der Waals surface area contributed by atoms with E-state index in [1.54, 1.807) is 12.3 Å². The standard InChI is InChI=1S/C18H15BrN2O4/c19-12-6-7-15-13(8-12)14(9-20-15)16(17(22)23)21-18(24)25-10-11-4-2-1-3-5-11/h1-9,16,20H,10H2,(H,21,24)(H,22,23). The lowest BCUT2D eigenvalue weighted by Gasteiger charge is -2.14. The lowest BCUT2D eigenvalue weighted by atomic mass is 10.1. The van der Waals surface area contributed by atoms with E-state index in [1.807, 2.05) is 42.5 Å². The number of carboxylic acids is 1. The summed E-state index contributed by atoms with van der Waals surface area (Å²) in [6, 6.07) is 13.4. The van der Waals surface area contributed by atoms with Gasteiger partial charge in [0.05, 0.1) is 0 Å². The molecule has 7 heteroatoms. The summed E-state index contributed by atoms with van der Waals surface area (Å²) in [6.07, 6.45) is 0.786. The van der Waals surface area contributed by atoms with Crippen molar-refractivity contribution in [2.45, 2.75) is 12.6 Å². The molecule has 1 atom stereocenters. The van der Waals surface area contributed by atoms with Gasteiger partial charge in [-0.15, -0.1) is 0 Å². The van der Waals surface area contributed by atoms with Crippen LogP contribution < -0.4 is 5.32 Å². The lowest BCUT2D eigenvalue weighted by molar-refractivity contribution is -0.139. The van der Waals surface area contributed by atoms with Crippen LogP contribution in [0.3, 0.4) is 0 Å². The summed E-state index contributed by atoms with van der Waals surface area (Å²) >= 11 is 3.37. The fourth-order valence-electron chi connectivity index (χ4n) is 2.51. The number of ether oxygens (including phenoxy) is 1. The predicted molar refractivity (Wildman–Crippen MR) is 96.1 cm³/mol. The van der Waals surface area contributed by atoms with E-state index in [9.17, 15) is 14.7 Å². The number of benzene rings is 2. The summed E-state index contributed by atoms with van der Waals surface area (Å²) < 4.78 is 5.93. The van der Waals surface area contributed by atoms with Crippen molar-refractivity contribution >= 4 is 38.9 Å². The third kappa shape index (κ3) is 4.00. The minimum Gasteiger partial charge on any atom is -0.479 e. The first-order valence-electron chi connectivity index (χ1n) is 7.51. The number of carbonyl (C=O) groups is 2. The van der Waals surface area contributed by atoms with Crippen LogP contribution in [-0.4, -0.2) is 22.2 Å². The normalized spacial score (nSPS) is 11.9. The van der Waals surface area contributed by atoms with Crippen LogP contribution in [0, 0.1) is 0 Å². The van der Waals surface area contributed by atoms with Gasteiger partial charge >= 0.3 is 12.1 Å². The first-order valence-corrected chi connectivity index (χ1v) is 8.30. The summed E-state index contributed by atoms with van der Waals surface area (Å²) in [5.74, 6) is -1.17. The van der Waals surface area contributed by atoms with Crippen molar-refractivity contribution < 1.29 is 19.4 Å². The number of aromatic amines is 1. The molecular formula is C18H15BrN2O4. The highest BCUT2D eigenvalue weighted by atomic mass is 79.9.